The summed E-state index contributed by atoms with van der Waals surface area (Å²) < 4.78 is 14.1. The summed E-state index contributed by atoms with van der Waals surface area (Å²) in [6.45, 7) is 0. The van der Waals surface area contributed by atoms with Gasteiger partial charge in [-0.1, -0.05) is 29.3 Å². The molecule has 1 aliphatic heterocycles. The van der Waals surface area contributed by atoms with Gasteiger partial charge in [-0.15, -0.1) is 11.3 Å². The normalized spacial score (nSPS) is 17.0. The summed E-state index contributed by atoms with van der Waals surface area (Å²) in [7, 11) is 0. The summed E-state index contributed by atoms with van der Waals surface area (Å²) in [4.78, 5) is 36.1. The molecule has 1 aromatic carbocycles. The Morgan fingerprint density at radius 2 is 2.11 bits per heavy atom. The highest BCUT2D eigenvalue weighted by Crippen LogP contribution is 2.34. The first kappa shape index (κ1) is 19.6. The average molecular weight is 431 g/mol. The molecule has 1 aromatic heterocycles. The highest BCUT2D eigenvalue weighted by molar-refractivity contribution is 7.20. The number of halogens is 3. The summed E-state index contributed by atoms with van der Waals surface area (Å²) in [5.41, 5.74) is 1.13. The van der Waals surface area contributed by atoms with E-state index < -0.39 is 35.6 Å². The predicted molar refractivity (Wildman–Crippen MR) is 100.0 cm³/mol. The number of aliphatic carboxylic acids is 1. The predicted octanol–water partition coefficient (Wildman–Crippen LogP) is 3.43. The second-order valence-corrected chi connectivity index (χ2v) is 8.28. The summed E-state index contributed by atoms with van der Waals surface area (Å²) in [6.07, 6.45) is -0.222. The monoisotopic (exact) mass is 430 g/mol. The van der Waals surface area contributed by atoms with Crippen molar-refractivity contribution < 1.29 is 23.9 Å². The maximum Gasteiger partial charge on any atom is 0.326 e. The largest absolute Gasteiger partial charge is 0.480 e. The summed E-state index contributed by atoms with van der Waals surface area (Å²) in [6, 6.07) is 3.99. The van der Waals surface area contributed by atoms with E-state index >= 15 is 0 Å². The molecule has 0 fully saturated rings. The fraction of sp³-hybridized carbons (Fsp3) is 0.235. The van der Waals surface area contributed by atoms with Crippen LogP contribution in [0, 0.1) is 5.82 Å². The van der Waals surface area contributed by atoms with Gasteiger partial charge in [0.25, 0.3) is 0 Å². The van der Waals surface area contributed by atoms with Gasteiger partial charge < -0.3 is 15.7 Å². The number of fused-ring (bicyclic) bond motifs is 1. The van der Waals surface area contributed by atoms with Gasteiger partial charge >= 0.3 is 5.97 Å². The number of carbonyl (C=O) groups excluding carboxylic acids is 2. The first-order valence-electron chi connectivity index (χ1n) is 7.80. The van der Waals surface area contributed by atoms with E-state index in [4.69, 9.17) is 23.2 Å². The number of benzene rings is 1. The van der Waals surface area contributed by atoms with Crippen molar-refractivity contribution in [1.29, 1.82) is 0 Å². The molecule has 6 nitrogen and oxygen atoms in total. The van der Waals surface area contributed by atoms with Crippen molar-refractivity contribution in [2.24, 2.45) is 0 Å². The molecule has 2 aromatic rings. The molecule has 0 aliphatic carbocycles. The maximum absolute atomic E-state index is 13.4. The van der Waals surface area contributed by atoms with E-state index in [1.807, 2.05) is 0 Å². The molecule has 27 heavy (non-hydrogen) atoms. The first-order chi connectivity index (χ1) is 12.7. The van der Waals surface area contributed by atoms with Gasteiger partial charge in [0.2, 0.25) is 11.8 Å². The Bertz CT molecular complexity index is 934. The second kappa shape index (κ2) is 7.84. The fourth-order valence-corrected chi connectivity index (χ4v) is 4.39. The summed E-state index contributed by atoms with van der Waals surface area (Å²) in [5.74, 6) is -3.81. The van der Waals surface area contributed by atoms with Crippen LogP contribution in [0.25, 0.3) is 0 Å². The Balaban J connectivity index is 1.81. The number of carbonyl (C=O) groups is 3. The lowest BCUT2D eigenvalue weighted by Crippen LogP contribution is -2.45. The Labute approximate surface area is 167 Å². The van der Waals surface area contributed by atoms with Crippen molar-refractivity contribution in [3.05, 3.63) is 49.9 Å². The van der Waals surface area contributed by atoms with E-state index in [1.165, 1.54) is 12.1 Å². The summed E-state index contributed by atoms with van der Waals surface area (Å²) >= 11 is 13.0. The van der Waals surface area contributed by atoms with Crippen molar-refractivity contribution in [2.45, 2.75) is 24.8 Å². The molecule has 2 amide bonds. The van der Waals surface area contributed by atoms with Crippen LogP contribution in [0.1, 0.15) is 23.5 Å². The third-order valence-electron chi connectivity index (χ3n) is 4.14. The van der Waals surface area contributed by atoms with Crippen LogP contribution in [-0.4, -0.2) is 28.9 Å². The minimum absolute atomic E-state index is 0.0572. The van der Waals surface area contributed by atoms with Crippen molar-refractivity contribution in [1.82, 2.24) is 5.32 Å². The molecule has 2 atom stereocenters. The number of hydrogen-bond donors (Lipinski definition) is 3. The van der Waals surface area contributed by atoms with Crippen LogP contribution in [0.5, 0.6) is 0 Å². The fourth-order valence-electron chi connectivity index (χ4n) is 2.88. The van der Waals surface area contributed by atoms with E-state index in [0.29, 0.717) is 19.8 Å². The Morgan fingerprint density at radius 1 is 1.37 bits per heavy atom. The zero-order valence-corrected chi connectivity index (χ0v) is 15.9. The average Bonchev–Trinajstić information content (AvgIpc) is 2.90. The van der Waals surface area contributed by atoms with E-state index in [-0.39, 0.29) is 18.5 Å². The van der Waals surface area contributed by atoms with Crippen LogP contribution in [-0.2, 0) is 20.8 Å². The molecule has 0 saturated heterocycles. The van der Waals surface area contributed by atoms with Gasteiger partial charge in [0.05, 0.1) is 14.6 Å². The van der Waals surface area contributed by atoms with Gasteiger partial charge in [0.15, 0.2) is 0 Å². The molecule has 2 unspecified atom stereocenters. The number of anilines is 1. The molecule has 0 saturated carbocycles. The molecule has 0 bridgehead atoms. The standard InChI is InChI=1S/C17H13Cl2FN2O4S/c18-13-4-7(15(19)27-13)3-12(17(25)26)22-16(24)10-6-14(23)21-11-5-8(20)1-2-9(10)11/h1-2,4-5,10,12H,3,6H2,(H,21,23)(H,22,24)(H,25,26). The number of rotatable bonds is 5. The van der Waals surface area contributed by atoms with Crippen molar-refractivity contribution >= 4 is 58.0 Å². The quantitative estimate of drug-likeness (QED) is 0.676. The lowest BCUT2D eigenvalue weighted by atomic mass is 9.89. The molecule has 142 valence electrons. The number of amides is 2. The van der Waals surface area contributed by atoms with Gasteiger partial charge in [0, 0.05) is 18.5 Å². The minimum atomic E-state index is -1.26. The smallest absolute Gasteiger partial charge is 0.326 e. The second-order valence-electron chi connectivity index (χ2n) is 5.99. The number of hydrogen-bond acceptors (Lipinski definition) is 4. The highest BCUT2D eigenvalue weighted by Gasteiger charge is 2.33. The molecule has 0 radical (unpaired) electrons. The molecule has 0 spiro atoms. The molecule has 3 N–H and O–H groups in total. The van der Waals surface area contributed by atoms with Gasteiger partial charge in [-0.05, 0) is 29.3 Å². The minimum Gasteiger partial charge on any atom is -0.480 e. The number of carboxylic acids is 1. The third-order valence-corrected chi connectivity index (χ3v) is 5.71. The number of thiophene rings is 1. The van der Waals surface area contributed by atoms with Gasteiger partial charge in [-0.25, -0.2) is 9.18 Å². The lowest BCUT2D eigenvalue weighted by Gasteiger charge is -2.26. The van der Waals surface area contributed by atoms with Crippen LogP contribution < -0.4 is 10.6 Å². The molecular formula is C17H13Cl2FN2O4S. The lowest BCUT2D eigenvalue weighted by molar-refractivity contribution is -0.142. The Morgan fingerprint density at radius 3 is 2.74 bits per heavy atom. The van der Waals surface area contributed by atoms with E-state index in [0.717, 1.165) is 17.4 Å². The van der Waals surface area contributed by atoms with E-state index in [1.54, 1.807) is 6.07 Å². The molecule has 1 aliphatic rings. The van der Waals surface area contributed by atoms with Crippen LogP contribution >= 0.6 is 34.5 Å². The third kappa shape index (κ3) is 4.40. The van der Waals surface area contributed by atoms with Gasteiger partial charge in [-0.3, -0.25) is 9.59 Å². The van der Waals surface area contributed by atoms with Crippen LogP contribution in [0.2, 0.25) is 8.67 Å². The topological polar surface area (TPSA) is 95.5 Å². The molecular weight excluding hydrogens is 418 g/mol. The van der Waals surface area contributed by atoms with E-state index in [9.17, 15) is 23.9 Å². The van der Waals surface area contributed by atoms with Crippen molar-refractivity contribution in [3.8, 4) is 0 Å². The number of carboxylic acid groups (broad SMARTS) is 1. The number of nitrogens with one attached hydrogen (secondary N) is 2. The highest BCUT2D eigenvalue weighted by atomic mass is 35.5. The van der Waals surface area contributed by atoms with Crippen molar-refractivity contribution in [3.63, 3.8) is 0 Å². The van der Waals surface area contributed by atoms with Gasteiger partial charge in [0.1, 0.15) is 11.9 Å². The first-order valence-corrected chi connectivity index (χ1v) is 9.38. The van der Waals surface area contributed by atoms with Crippen LogP contribution in [0.15, 0.2) is 24.3 Å². The van der Waals surface area contributed by atoms with Crippen LogP contribution in [0.3, 0.4) is 0 Å². The van der Waals surface area contributed by atoms with E-state index in [2.05, 4.69) is 10.6 Å². The summed E-state index contributed by atoms with van der Waals surface area (Å²) in [5, 5.41) is 14.4. The molecule has 3 rings (SSSR count). The van der Waals surface area contributed by atoms with Crippen LogP contribution in [0.4, 0.5) is 10.1 Å². The van der Waals surface area contributed by atoms with Gasteiger partial charge in [-0.2, -0.15) is 0 Å². The molecule has 2 heterocycles. The Hall–Kier alpha value is -2.16. The zero-order valence-electron chi connectivity index (χ0n) is 13.6. The molecule has 10 heteroatoms. The van der Waals surface area contributed by atoms with Crippen molar-refractivity contribution in [2.75, 3.05) is 5.32 Å². The maximum atomic E-state index is 13.4. The zero-order chi connectivity index (χ0) is 19.7. The SMILES string of the molecule is O=C1CC(C(=O)NC(Cc2cc(Cl)sc2Cl)C(=O)O)c2ccc(F)cc2N1. The Kier molecular flexibility index (Phi) is 5.69.